The number of hydrogen-bond acceptors (Lipinski definition) is 3. The van der Waals surface area contributed by atoms with Crippen LogP contribution in [0.25, 0.3) is 6.08 Å². The second-order valence-electron chi connectivity index (χ2n) is 9.32. The Kier molecular flexibility index (Phi) is 6.71. The van der Waals surface area contributed by atoms with Crippen LogP contribution in [0.1, 0.15) is 98.5 Å². The summed E-state index contributed by atoms with van der Waals surface area (Å²) >= 11 is 0. The Hall–Kier alpha value is -1.65. The van der Waals surface area contributed by atoms with Crippen molar-refractivity contribution in [2.24, 2.45) is 5.92 Å². The number of carbonyl (C=O) groups is 1. The second kappa shape index (κ2) is 9.44. The van der Waals surface area contributed by atoms with Crippen LogP contribution in [0.2, 0.25) is 0 Å². The van der Waals surface area contributed by atoms with Crippen LogP contribution >= 0.6 is 0 Å². The predicted octanol–water partition coefficient (Wildman–Crippen LogP) is 4.74. The SMILES string of the molecule is CC1c2cc(C(=O)NC3CCCCC3)ccc2C=CC1C(O)NC1CCCCC1. The third-order valence-corrected chi connectivity index (χ3v) is 7.23. The number of rotatable bonds is 5. The zero-order chi connectivity index (χ0) is 20.2. The molecule has 0 saturated heterocycles. The number of carbonyl (C=O) groups excluding carboxylic acids is 1. The first-order chi connectivity index (χ1) is 14.1. The first kappa shape index (κ1) is 20.6. The van der Waals surface area contributed by atoms with Crippen LogP contribution in [0, 0.1) is 5.92 Å². The molecule has 2 saturated carbocycles. The number of amides is 1. The van der Waals surface area contributed by atoms with Gasteiger partial charge in [-0.2, -0.15) is 0 Å². The largest absolute Gasteiger partial charge is 0.378 e. The number of hydrogen-bond donors (Lipinski definition) is 3. The molecule has 3 atom stereocenters. The molecule has 1 amide bonds. The minimum absolute atomic E-state index is 0.0288. The number of nitrogens with one attached hydrogen (secondary N) is 2. The molecular formula is C25H36N2O2. The normalized spacial score (nSPS) is 26.7. The molecule has 0 aliphatic heterocycles. The summed E-state index contributed by atoms with van der Waals surface area (Å²) < 4.78 is 0. The van der Waals surface area contributed by atoms with E-state index in [0.29, 0.717) is 12.1 Å². The summed E-state index contributed by atoms with van der Waals surface area (Å²) in [6.45, 7) is 2.17. The quantitative estimate of drug-likeness (QED) is 0.630. The Labute approximate surface area is 175 Å². The van der Waals surface area contributed by atoms with E-state index in [1.807, 2.05) is 12.1 Å². The van der Waals surface area contributed by atoms with Crippen molar-refractivity contribution in [3.8, 4) is 0 Å². The lowest BCUT2D eigenvalue weighted by Crippen LogP contribution is -2.45. The minimum Gasteiger partial charge on any atom is -0.378 e. The maximum absolute atomic E-state index is 12.8. The number of aliphatic hydroxyl groups is 1. The average molecular weight is 397 g/mol. The molecule has 0 radical (unpaired) electrons. The first-order valence-electron chi connectivity index (χ1n) is 11.7. The highest BCUT2D eigenvalue weighted by molar-refractivity contribution is 5.95. The van der Waals surface area contributed by atoms with Crippen LogP contribution in [-0.4, -0.2) is 29.3 Å². The predicted molar refractivity (Wildman–Crippen MR) is 118 cm³/mol. The summed E-state index contributed by atoms with van der Waals surface area (Å²) in [4.78, 5) is 12.8. The van der Waals surface area contributed by atoms with E-state index in [1.54, 1.807) is 0 Å². The Balaban J connectivity index is 1.43. The molecule has 2 fully saturated rings. The van der Waals surface area contributed by atoms with Gasteiger partial charge in [0, 0.05) is 23.6 Å². The van der Waals surface area contributed by atoms with E-state index in [0.717, 1.165) is 36.8 Å². The van der Waals surface area contributed by atoms with Gasteiger partial charge in [0.1, 0.15) is 6.23 Å². The van der Waals surface area contributed by atoms with Gasteiger partial charge in [0.05, 0.1) is 0 Å². The van der Waals surface area contributed by atoms with Crippen LogP contribution in [0.4, 0.5) is 0 Å². The van der Waals surface area contributed by atoms with Crippen molar-refractivity contribution in [3.63, 3.8) is 0 Å². The van der Waals surface area contributed by atoms with Gasteiger partial charge in [-0.1, -0.05) is 63.7 Å². The third-order valence-electron chi connectivity index (χ3n) is 7.23. The van der Waals surface area contributed by atoms with E-state index in [1.165, 1.54) is 44.1 Å². The van der Waals surface area contributed by atoms with E-state index in [4.69, 9.17) is 0 Å². The third kappa shape index (κ3) is 4.92. The molecule has 3 aliphatic carbocycles. The maximum atomic E-state index is 12.8. The molecule has 3 aliphatic rings. The van der Waals surface area contributed by atoms with Crippen LogP contribution in [0.3, 0.4) is 0 Å². The molecule has 0 aromatic heterocycles. The zero-order valence-corrected chi connectivity index (χ0v) is 17.7. The topological polar surface area (TPSA) is 61.4 Å². The van der Waals surface area contributed by atoms with E-state index in [9.17, 15) is 9.90 Å². The van der Waals surface area contributed by atoms with Gasteiger partial charge in [0.25, 0.3) is 5.91 Å². The van der Waals surface area contributed by atoms with E-state index < -0.39 is 6.23 Å². The monoisotopic (exact) mass is 396 g/mol. The van der Waals surface area contributed by atoms with E-state index in [2.05, 4.69) is 35.8 Å². The highest BCUT2D eigenvalue weighted by atomic mass is 16.3. The van der Waals surface area contributed by atoms with Crippen molar-refractivity contribution >= 4 is 12.0 Å². The van der Waals surface area contributed by atoms with Crippen molar-refractivity contribution in [1.29, 1.82) is 0 Å². The van der Waals surface area contributed by atoms with Gasteiger partial charge in [-0.05, 0) is 54.9 Å². The molecule has 0 spiro atoms. The summed E-state index contributed by atoms with van der Waals surface area (Å²) in [5.74, 6) is 0.239. The van der Waals surface area contributed by atoms with Crippen molar-refractivity contribution in [1.82, 2.24) is 10.6 Å². The minimum atomic E-state index is -0.544. The van der Waals surface area contributed by atoms with Crippen LogP contribution in [0.15, 0.2) is 24.3 Å². The molecule has 1 aromatic carbocycles. The van der Waals surface area contributed by atoms with Crippen molar-refractivity contribution < 1.29 is 9.90 Å². The number of benzene rings is 1. The van der Waals surface area contributed by atoms with Crippen molar-refractivity contribution in [3.05, 3.63) is 41.0 Å². The molecule has 1 aromatic rings. The molecular weight excluding hydrogens is 360 g/mol. The number of fused-ring (bicyclic) bond motifs is 1. The first-order valence-corrected chi connectivity index (χ1v) is 11.7. The lowest BCUT2D eigenvalue weighted by molar-refractivity contribution is 0.0662. The Bertz CT molecular complexity index is 732. The highest BCUT2D eigenvalue weighted by Gasteiger charge is 2.30. The fraction of sp³-hybridized carbons (Fsp3) is 0.640. The van der Waals surface area contributed by atoms with Gasteiger partial charge in [0.2, 0.25) is 0 Å². The summed E-state index contributed by atoms with van der Waals surface area (Å²) in [5, 5.41) is 17.6. The maximum Gasteiger partial charge on any atom is 0.251 e. The van der Waals surface area contributed by atoms with Gasteiger partial charge in [-0.25, -0.2) is 0 Å². The standard InChI is InChI=1S/C25H36N2O2/c1-17-22(25(29)27-21-10-6-3-7-11-21)15-14-18-12-13-19(16-23(17)18)24(28)26-20-8-4-2-5-9-20/h12-17,20-22,25,27,29H,2-11H2,1H3,(H,26,28). The average Bonchev–Trinajstić information content (AvgIpc) is 2.75. The van der Waals surface area contributed by atoms with Crippen LogP contribution in [0.5, 0.6) is 0 Å². The smallest absolute Gasteiger partial charge is 0.251 e. The molecule has 0 heterocycles. The van der Waals surface area contributed by atoms with Gasteiger partial charge in [0.15, 0.2) is 0 Å². The molecule has 3 N–H and O–H groups in total. The summed E-state index contributed by atoms with van der Waals surface area (Å²) in [7, 11) is 0. The molecule has 4 heteroatoms. The van der Waals surface area contributed by atoms with Crippen LogP contribution in [-0.2, 0) is 0 Å². The van der Waals surface area contributed by atoms with Gasteiger partial charge in [-0.15, -0.1) is 0 Å². The molecule has 158 valence electrons. The molecule has 0 bridgehead atoms. The number of aliphatic hydroxyl groups excluding tert-OH is 1. The van der Waals surface area contributed by atoms with Gasteiger partial charge >= 0.3 is 0 Å². The van der Waals surface area contributed by atoms with Gasteiger partial charge < -0.3 is 10.4 Å². The van der Waals surface area contributed by atoms with Crippen LogP contribution < -0.4 is 10.6 Å². The summed E-state index contributed by atoms with van der Waals surface area (Å²) in [6.07, 6.45) is 15.7. The van der Waals surface area contributed by atoms with Gasteiger partial charge in [-0.3, -0.25) is 10.1 Å². The van der Waals surface area contributed by atoms with E-state index in [-0.39, 0.29) is 17.7 Å². The molecule has 3 unspecified atom stereocenters. The lowest BCUT2D eigenvalue weighted by atomic mass is 9.78. The highest BCUT2D eigenvalue weighted by Crippen LogP contribution is 2.36. The lowest BCUT2D eigenvalue weighted by Gasteiger charge is -2.34. The van der Waals surface area contributed by atoms with Crippen molar-refractivity contribution in [2.75, 3.05) is 0 Å². The molecule has 4 nitrogen and oxygen atoms in total. The summed E-state index contributed by atoms with van der Waals surface area (Å²) in [6, 6.07) is 6.77. The van der Waals surface area contributed by atoms with E-state index >= 15 is 0 Å². The Morgan fingerprint density at radius 3 is 2.34 bits per heavy atom. The second-order valence-corrected chi connectivity index (χ2v) is 9.32. The summed E-state index contributed by atoms with van der Waals surface area (Å²) in [5.41, 5.74) is 3.07. The Morgan fingerprint density at radius 1 is 1.00 bits per heavy atom. The fourth-order valence-corrected chi connectivity index (χ4v) is 5.37. The van der Waals surface area contributed by atoms with Crippen molar-refractivity contribution in [2.45, 2.75) is 95.4 Å². The Morgan fingerprint density at radius 2 is 1.66 bits per heavy atom. The zero-order valence-electron chi connectivity index (χ0n) is 17.7. The molecule has 4 rings (SSSR count). The molecule has 29 heavy (non-hydrogen) atoms. The fourth-order valence-electron chi connectivity index (χ4n) is 5.37.